The number of hydrogen-bond acceptors (Lipinski definition) is 2. The smallest absolute Gasteiger partial charge is 0.224 e. The minimum Gasteiger partial charge on any atom is -0.349 e. The highest BCUT2D eigenvalue weighted by atomic mass is 35.5. The van der Waals surface area contributed by atoms with Gasteiger partial charge < -0.3 is 9.88 Å². The number of carbonyl (C=O) groups excluding carboxylic acids is 1. The lowest BCUT2D eigenvalue weighted by atomic mass is 10.1. The minimum absolute atomic E-state index is 0.0275. The van der Waals surface area contributed by atoms with Crippen molar-refractivity contribution in [2.45, 2.75) is 13.0 Å². The SMILES string of the molecule is Cn1ccnc1CNC(=O)Cc1ccc(Cl)cc1. The molecule has 2 rings (SSSR count). The van der Waals surface area contributed by atoms with Gasteiger partial charge in [0.2, 0.25) is 5.91 Å². The van der Waals surface area contributed by atoms with Crippen molar-refractivity contribution in [2.75, 3.05) is 0 Å². The Hall–Kier alpha value is -1.81. The molecule has 94 valence electrons. The van der Waals surface area contributed by atoms with Crippen LogP contribution >= 0.6 is 11.6 Å². The molecule has 5 heteroatoms. The summed E-state index contributed by atoms with van der Waals surface area (Å²) >= 11 is 5.78. The number of aromatic nitrogens is 2. The van der Waals surface area contributed by atoms with Gasteiger partial charge in [0.05, 0.1) is 13.0 Å². The standard InChI is InChI=1S/C13H14ClN3O/c1-17-7-6-15-12(17)9-16-13(18)8-10-2-4-11(14)5-3-10/h2-7H,8-9H2,1H3,(H,16,18). The molecule has 0 spiro atoms. The molecule has 0 saturated carbocycles. The van der Waals surface area contributed by atoms with Crippen molar-refractivity contribution in [1.82, 2.24) is 14.9 Å². The average Bonchev–Trinajstić information content (AvgIpc) is 2.75. The van der Waals surface area contributed by atoms with Gasteiger partial charge in [-0.15, -0.1) is 0 Å². The first-order chi connectivity index (χ1) is 8.65. The van der Waals surface area contributed by atoms with E-state index in [1.807, 2.05) is 29.9 Å². The second-order valence-electron chi connectivity index (χ2n) is 4.03. The van der Waals surface area contributed by atoms with E-state index in [9.17, 15) is 4.79 Å². The lowest BCUT2D eigenvalue weighted by molar-refractivity contribution is -0.120. The van der Waals surface area contributed by atoms with Gasteiger partial charge in [-0.2, -0.15) is 0 Å². The molecule has 0 bridgehead atoms. The van der Waals surface area contributed by atoms with E-state index >= 15 is 0 Å². The molecule has 0 radical (unpaired) electrons. The third kappa shape index (κ3) is 3.34. The van der Waals surface area contributed by atoms with Gasteiger partial charge in [0, 0.05) is 24.5 Å². The summed E-state index contributed by atoms with van der Waals surface area (Å²) < 4.78 is 1.88. The lowest BCUT2D eigenvalue weighted by Gasteiger charge is -2.05. The molecule has 0 saturated heterocycles. The van der Waals surface area contributed by atoms with Crippen LogP contribution in [-0.4, -0.2) is 15.5 Å². The Labute approximate surface area is 111 Å². The molecular weight excluding hydrogens is 250 g/mol. The van der Waals surface area contributed by atoms with Gasteiger partial charge in [0.1, 0.15) is 5.82 Å². The number of carbonyl (C=O) groups is 1. The van der Waals surface area contributed by atoms with Crippen molar-refractivity contribution in [1.29, 1.82) is 0 Å². The molecule has 0 unspecified atom stereocenters. The van der Waals surface area contributed by atoms with Gasteiger partial charge in [-0.3, -0.25) is 4.79 Å². The van der Waals surface area contributed by atoms with Crippen LogP contribution in [0.5, 0.6) is 0 Å². The number of hydrogen-bond donors (Lipinski definition) is 1. The summed E-state index contributed by atoms with van der Waals surface area (Å²) in [4.78, 5) is 15.9. The van der Waals surface area contributed by atoms with E-state index in [1.165, 1.54) is 0 Å². The zero-order chi connectivity index (χ0) is 13.0. The Balaban J connectivity index is 1.86. The van der Waals surface area contributed by atoms with Crippen molar-refractivity contribution >= 4 is 17.5 Å². The number of aryl methyl sites for hydroxylation is 1. The van der Waals surface area contributed by atoms with Crippen LogP contribution in [0.15, 0.2) is 36.7 Å². The normalized spacial score (nSPS) is 10.3. The van der Waals surface area contributed by atoms with E-state index in [1.54, 1.807) is 18.3 Å². The highest BCUT2D eigenvalue weighted by molar-refractivity contribution is 6.30. The van der Waals surface area contributed by atoms with Crippen LogP contribution in [-0.2, 0) is 24.8 Å². The first-order valence-electron chi connectivity index (χ1n) is 5.62. The zero-order valence-electron chi connectivity index (χ0n) is 10.1. The fourth-order valence-electron chi connectivity index (χ4n) is 1.59. The van der Waals surface area contributed by atoms with Crippen LogP contribution in [0.3, 0.4) is 0 Å². The fourth-order valence-corrected chi connectivity index (χ4v) is 1.72. The van der Waals surface area contributed by atoms with Crippen molar-refractivity contribution in [3.8, 4) is 0 Å². The molecule has 1 N–H and O–H groups in total. The third-order valence-electron chi connectivity index (χ3n) is 2.64. The van der Waals surface area contributed by atoms with Gasteiger partial charge >= 0.3 is 0 Å². The first kappa shape index (κ1) is 12.6. The predicted molar refractivity (Wildman–Crippen MR) is 70.2 cm³/mol. The summed E-state index contributed by atoms with van der Waals surface area (Å²) in [6.45, 7) is 0.440. The van der Waals surface area contributed by atoms with Crippen molar-refractivity contribution < 1.29 is 4.79 Å². The summed E-state index contributed by atoms with van der Waals surface area (Å²) in [7, 11) is 1.90. The fraction of sp³-hybridized carbons (Fsp3) is 0.231. The van der Waals surface area contributed by atoms with Crippen molar-refractivity contribution in [2.24, 2.45) is 7.05 Å². The highest BCUT2D eigenvalue weighted by Crippen LogP contribution is 2.09. The minimum atomic E-state index is -0.0275. The molecule has 0 aliphatic rings. The summed E-state index contributed by atoms with van der Waals surface area (Å²) in [6, 6.07) is 7.26. The van der Waals surface area contributed by atoms with Crippen LogP contribution in [0.2, 0.25) is 5.02 Å². The van der Waals surface area contributed by atoms with Crippen LogP contribution in [0, 0.1) is 0 Å². The number of amides is 1. The molecule has 4 nitrogen and oxygen atoms in total. The predicted octanol–water partition coefficient (Wildman–Crippen LogP) is 1.93. The third-order valence-corrected chi connectivity index (χ3v) is 2.89. The highest BCUT2D eigenvalue weighted by Gasteiger charge is 2.05. The van der Waals surface area contributed by atoms with E-state index < -0.39 is 0 Å². The topological polar surface area (TPSA) is 46.9 Å². The number of benzene rings is 1. The second-order valence-corrected chi connectivity index (χ2v) is 4.47. The summed E-state index contributed by atoms with van der Waals surface area (Å²) in [5, 5.41) is 3.51. The molecule has 0 aliphatic carbocycles. The van der Waals surface area contributed by atoms with Crippen LogP contribution in [0.25, 0.3) is 0 Å². The Kier molecular flexibility index (Phi) is 3.99. The van der Waals surface area contributed by atoms with Crippen LogP contribution < -0.4 is 5.32 Å². The molecule has 18 heavy (non-hydrogen) atoms. The number of rotatable bonds is 4. The molecule has 1 aromatic heterocycles. The van der Waals surface area contributed by atoms with Crippen LogP contribution in [0.4, 0.5) is 0 Å². The maximum Gasteiger partial charge on any atom is 0.224 e. The maximum atomic E-state index is 11.7. The van der Waals surface area contributed by atoms with Gasteiger partial charge in [-0.05, 0) is 17.7 Å². The van der Waals surface area contributed by atoms with E-state index in [0.29, 0.717) is 18.0 Å². The molecule has 2 aromatic rings. The average molecular weight is 264 g/mol. The molecule has 1 aromatic carbocycles. The summed E-state index contributed by atoms with van der Waals surface area (Å²) in [5.41, 5.74) is 0.941. The molecule has 1 amide bonds. The summed E-state index contributed by atoms with van der Waals surface area (Å²) in [5.74, 6) is 0.805. The second kappa shape index (κ2) is 5.69. The molecule has 1 heterocycles. The maximum absolute atomic E-state index is 11.7. The zero-order valence-corrected chi connectivity index (χ0v) is 10.8. The Morgan fingerprint density at radius 2 is 2.11 bits per heavy atom. The Morgan fingerprint density at radius 1 is 1.39 bits per heavy atom. The van der Waals surface area contributed by atoms with Crippen molar-refractivity contribution in [3.63, 3.8) is 0 Å². The van der Waals surface area contributed by atoms with Crippen molar-refractivity contribution in [3.05, 3.63) is 53.1 Å². The van der Waals surface area contributed by atoms with E-state index in [2.05, 4.69) is 10.3 Å². The molecular formula is C13H14ClN3O. The van der Waals surface area contributed by atoms with E-state index in [-0.39, 0.29) is 5.91 Å². The lowest BCUT2D eigenvalue weighted by Crippen LogP contribution is -2.25. The Morgan fingerprint density at radius 3 is 2.72 bits per heavy atom. The molecule has 0 fully saturated rings. The van der Waals surface area contributed by atoms with E-state index in [0.717, 1.165) is 11.4 Å². The number of imidazole rings is 1. The summed E-state index contributed by atoms with van der Waals surface area (Å²) in [6.07, 6.45) is 3.91. The monoisotopic (exact) mass is 263 g/mol. The largest absolute Gasteiger partial charge is 0.349 e. The van der Waals surface area contributed by atoms with Crippen LogP contribution in [0.1, 0.15) is 11.4 Å². The Bertz CT molecular complexity index is 533. The van der Waals surface area contributed by atoms with E-state index in [4.69, 9.17) is 11.6 Å². The molecule has 0 atom stereocenters. The van der Waals surface area contributed by atoms with Gasteiger partial charge in [0.25, 0.3) is 0 Å². The quantitative estimate of drug-likeness (QED) is 0.916. The van der Waals surface area contributed by atoms with Gasteiger partial charge in [-0.1, -0.05) is 23.7 Å². The first-order valence-corrected chi connectivity index (χ1v) is 6.00. The number of halogens is 1. The number of nitrogens with one attached hydrogen (secondary N) is 1. The molecule has 0 aliphatic heterocycles. The number of nitrogens with zero attached hydrogens (tertiary/aromatic N) is 2. The van der Waals surface area contributed by atoms with Gasteiger partial charge in [0.15, 0.2) is 0 Å². The van der Waals surface area contributed by atoms with Gasteiger partial charge in [-0.25, -0.2) is 4.98 Å².